The largest absolute Gasteiger partial charge is 0.395 e. The second kappa shape index (κ2) is 7.57. The van der Waals surface area contributed by atoms with Gasteiger partial charge in [-0.15, -0.1) is 0 Å². The van der Waals surface area contributed by atoms with Gasteiger partial charge >= 0.3 is 0 Å². The summed E-state index contributed by atoms with van der Waals surface area (Å²) in [6, 6.07) is 6.29. The number of aliphatic hydroxyl groups is 1. The van der Waals surface area contributed by atoms with Crippen molar-refractivity contribution >= 4 is 5.91 Å². The average Bonchev–Trinajstić information content (AvgIpc) is 2.69. The minimum absolute atomic E-state index is 0.191. The maximum Gasteiger partial charge on any atom is 0.227 e. The van der Waals surface area contributed by atoms with E-state index in [9.17, 15) is 4.79 Å². The van der Waals surface area contributed by atoms with Gasteiger partial charge in [0.1, 0.15) is 0 Å². The molecule has 1 aromatic carbocycles. The Labute approximate surface area is 127 Å². The van der Waals surface area contributed by atoms with Gasteiger partial charge < -0.3 is 10.0 Å². The van der Waals surface area contributed by atoms with Gasteiger partial charge in [-0.25, -0.2) is 0 Å². The van der Waals surface area contributed by atoms with Crippen LogP contribution in [0.5, 0.6) is 0 Å². The Bertz CT molecular complexity index is 488. The molecule has 0 atom stereocenters. The maximum absolute atomic E-state index is 12.5. The number of carbonyl (C=O) groups excluding carboxylic acids is 1. The van der Waals surface area contributed by atoms with Crippen LogP contribution in [-0.4, -0.2) is 60.1 Å². The predicted molar refractivity (Wildman–Crippen MR) is 84.3 cm³/mol. The van der Waals surface area contributed by atoms with Gasteiger partial charge in [0, 0.05) is 26.2 Å². The van der Waals surface area contributed by atoms with Crippen LogP contribution in [0.25, 0.3) is 0 Å². The van der Waals surface area contributed by atoms with Crippen molar-refractivity contribution in [2.45, 2.75) is 26.7 Å². The lowest BCUT2D eigenvalue weighted by Crippen LogP contribution is -2.36. The van der Waals surface area contributed by atoms with E-state index in [-0.39, 0.29) is 12.5 Å². The summed E-state index contributed by atoms with van der Waals surface area (Å²) >= 11 is 0. The molecule has 1 aromatic rings. The monoisotopic (exact) mass is 290 g/mol. The summed E-state index contributed by atoms with van der Waals surface area (Å²) < 4.78 is 0. The molecule has 4 nitrogen and oxygen atoms in total. The van der Waals surface area contributed by atoms with Crippen LogP contribution in [-0.2, 0) is 11.2 Å². The van der Waals surface area contributed by atoms with E-state index in [1.807, 2.05) is 4.90 Å². The summed E-state index contributed by atoms with van der Waals surface area (Å²) in [6.45, 7) is 8.44. The third-order valence-corrected chi connectivity index (χ3v) is 4.20. The van der Waals surface area contributed by atoms with Crippen molar-refractivity contribution < 1.29 is 9.90 Å². The number of amides is 1. The number of hydrogen-bond donors (Lipinski definition) is 1. The number of aliphatic hydroxyl groups excluding tert-OH is 1. The molecular formula is C17H26N2O2. The first-order chi connectivity index (χ1) is 10.1. The number of hydrogen-bond acceptors (Lipinski definition) is 3. The van der Waals surface area contributed by atoms with Crippen LogP contribution in [0.3, 0.4) is 0 Å². The number of carbonyl (C=O) groups is 1. The Morgan fingerprint density at radius 1 is 1.19 bits per heavy atom. The summed E-state index contributed by atoms with van der Waals surface area (Å²) in [5.74, 6) is 0.217. The highest BCUT2D eigenvalue weighted by Crippen LogP contribution is 2.13. The molecule has 1 fully saturated rings. The fraction of sp³-hybridized carbons (Fsp3) is 0.588. The van der Waals surface area contributed by atoms with E-state index in [4.69, 9.17) is 5.11 Å². The molecule has 0 bridgehead atoms. The van der Waals surface area contributed by atoms with Gasteiger partial charge in [0.25, 0.3) is 0 Å². The molecule has 0 radical (unpaired) electrons. The molecule has 0 unspecified atom stereocenters. The molecule has 0 saturated carbocycles. The van der Waals surface area contributed by atoms with Gasteiger partial charge in [0.05, 0.1) is 13.0 Å². The quantitative estimate of drug-likeness (QED) is 0.911. The van der Waals surface area contributed by atoms with Crippen LogP contribution >= 0.6 is 0 Å². The van der Waals surface area contributed by atoms with E-state index in [1.54, 1.807) is 0 Å². The number of β-amino-alcohol motifs (C(OH)–C–C–N with tert-alkyl or cyclic N) is 1. The van der Waals surface area contributed by atoms with Crippen molar-refractivity contribution in [1.82, 2.24) is 9.80 Å². The Kier molecular flexibility index (Phi) is 5.76. The smallest absolute Gasteiger partial charge is 0.227 e. The first-order valence-electron chi connectivity index (χ1n) is 7.77. The second-order valence-corrected chi connectivity index (χ2v) is 5.91. The van der Waals surface area contributed by atoms with Crippen molar-refractivity contribution in [2.75, 3.05) is 39.3 Å². The third-order valence-electron chi connectivity index (χ3n) is 4.20. The average molecular weight is 290 g/mol. The molecule has 1 amide bonds. The molecule has 0 aromatic heterocycles. The maximum atomic E-state index is 12.5. The molecule has 116 valence electrons. The molecule has 1 aliphatic heterocycles. The minimum Gasteiger partial charge on any atom is -0.395 e. The standard InChI is InChI=1S/C17H26N2O2/c1-14-4-5-15(2)16(12-14)13-17(21)19-7-3-6-18(8-9-19)10-11-20/h4-5,12,20H,3,6-11,13H2,1-2H3. The predicted octanol–water partition coefficient (Wildman–Crippen LogP) is 1.37. The molecular weight excluding hydrogens is 264 g/mol. The van der Waals surface area contributed by atoms with Crippen molar-refractivity contribution in [2.24, 2.45) is 0 Å². The Morgan fingerprint density at radius 2 is 2.00 bits per heavy atom. The SMILES string of the molecule is Cc1ccc(C)c(CC(=O)N2CCCN(CCO)CC2)c1. The van der Waals surface area contributed by atoms with Crippen LogP contribution in [0.4, 0.5) is 0 Å². The van der Waals surface area contributed by atoms with E-state index in [0.29, 0.717) is 13.0 Å². The Morgan fingerprint density at radius 3 is 2.76 bits per heavy atom. The lowest BCUT2D eigenvalue weighted by Gasteiger charge is -2.22. The molecule has 0 spiro atoms. The molecule has 1 heterocycles. The zero-order valence-electron chi connectivity index (χ0n) is 13.1. The van der Waals surface area contributed by atoms with Crippen molar-refractivity contribution in [3.63, 3.8) is 0 Å². The lowest BCUT2D eigenvalue weighted by molar-refractivity contribution is -0.130. The molecule has 1 saturated heterocycles. The van der Waals surface area contributed by atoms with Crippen molar-refractivity contribution in [3.8, 4) is 0 Å². The van der Waals surface area contributed by atoms with Gasteiger partial charge in [0.15, 0.2) is 0 Å². The summed E-state index contributed by atoms with van der Waals surface area (Å²) in [4.78, 5) is 16.7. The lowest BCUT2D eigenvalue weighted by atomic mass is 10.0. The number of aryl methyl sites for hydroxylation is 2. The normalized spacial score (nSPS) is 16.8. The van der Waals surface area contributed by atoms with E-state index >= 15 is 0 Å². The van der Waals surface area contributed by atoms with E-state index in [0.717, 1.165) is 38.2 Å². The summed E-state index contributed by atoms with van der Waals surface area (Å²) in [6.07, 6.45) is 1.48. The van der Waals surface area contributed by atoms with E-state index < -0.39 is 0 Å². The Balaban J connectivity index is 1.95. The van der Waals surface area contributed by atoms with Crippen LogP contribution in [0.2, 0.25) is 0 Å². The van der Waals surface area contributed by atoms with E-state index in [2.05, 4.69) is 36.9 Å². The molecule has 4 heteroatoms. The van der Waals surface area contributed by atoms with Crippen LogP contribution in [0.15, 0.2) is 18.2 Å². The molecule has 1 aliphatic rings. The Hall–Kier alpha value is -1.39. The van der Waals surface area contributed by atoms with Gasteiger partial charge in [-0.3, -0.25) is 9.69 Å². The zero-order valence-corrected chi connectivity index (χ0v) is 13.1. The number of rotatable bonds is 4. The first kappa shape index (κ1) is 16.0. The summed E-state index contributed by atoms with van der Waals surface area (Å²) in [5, 5.41) is 9.01. The fourth-order valence-corrected chi connectivity index (χ4v) is 2.85. The van der Waals surface area contributed by atoms with Gasteiger partial charge in [0.2, 0.25) is 5.91 Å². The number of benzene rings is 1. The van der Waals surface area contributed by atoms with Crippen molar-refractivity contribution in [3.05, 3.63) is 34.9 Å². The van der Waals surface area contributed by atoms with Crippen molar-refractivity contribution in [1.29, 1.82) is 0 Å². The zero-order chi connectivity index (χ0) is 15.2. The van der Waals surface area contributed by atoms with Gasteiger partial charge in [-0.1, -0.05) is 23.8 Å². The van der Waals surface area contributed by atoms with E-state index in [1.165, 1.54) is 11.1 Å². The van der Waals surface area contributed by atoms with Gasteiger partial charge in [-0.2, -0.15) is 0 Å². The third kappa shape index (κ3) is 4.55. The molecule has 21 heavy (non-hydrogen) atoms. The molecule has 2 rings (SSSR count). The van der Waals surface area contributed by atoms with Gasteiger partial charge in [-0.05, 0) is 37.9 Å². The minimum atomic E-state index is 0.191. The number of nitrogens with zero attached hydrogens (tertiary/aromatic N) is 2. The first-order valence-corrected chi connectivity index (χ1v) is 7.77. The second-order valence-electron chi connectivity index (χ2n) is 5.91. The molecule has 0 aliphatic carbocycles. The fourth-order valence-electron chi connectivity index (χ4n) is 2.85. The topological polar surface area (TPSA) is 43.8 Å². The highest BCUT2D eigenvalue weighted by Gasteiger charge is 2.19. The summed E-state index contributed by atoms with van der Waals surface area (Å²) in [5.41, 5.74) is 3.52. The summed E-state index contributed by atoms with van der Waals surface area (Å²) in [7, 11) is 0. The highest BCUT2D eigenvalue weighted by molar-refractivity contribution is 5.79. The van der Waals surface area contributed by atoms with Crippen LogP contribution < -0.4 is 0 Å². The highest BCUT2D eigenvalue weighted by atomic mass is 16.3. The van der Waals surface area contributed by atoms with Crippen LogP contribution in [0, 0.1) is 13.8 Å². The molecule has 1 N–H and O–H groups in total. The van der Waals surface area contributed by atoms with Crippen LogP contribution in [0.1, 0.15) is 23.1 Å².